The first kappa shape index (κ1) is 16.6. The van der Waals surface area contributed by atoms with Crippen LogP contribution in [-0.4, -0.2) is 24.2 Å². The van der Waals surface area contributed by atoms with E-state index in [1.54, 1.807) is 20.4 Å². The van der Waals surface area contributed by atoms with Crippen LogP contribution in [0, 0.1) is 0 Å². The van der Waals surface area contributed by atoms with Gasteiger partial charge in [-0.1, -0.05) is 24.3 Å². The molecule has 25 heavy (non-hydrogen) atoms. The Morgan fingerprint density at radius 3 is 2.68 bits per heavy atom. The zero-order chi connectivity index (χ0) is 17.5. The van der Waals surface area contributed by atoms with Gasteiger partial charge in [-0.25, -0.2) is 4.98 Å². The number of para-hydroxylation sites is 1. The average Bonchev–Trinajstić information content (AvgIpc) is 2.67. The topological polar surface area (TPSA) is 68.3 Å². The Hall–Kier alpha value is -3.28. The van der Waals surface area contributed by atoms with Gasteiger partial charge in [0, 0.05) is 30.1 Å². The van der Waals surface area contributed by atoms with Gasteiger partial charge in [-0.15, -0.1) is 0 Å². The number of hydrogen-bond donors (Lipinski definition) is 2. The van der Waals surface area contributed by atoms with Crippen molar-refractivity contribution < 1.29 is 9.47 Å². The van der Waals surface area contributed by atoms with Crippen molar-refractivity contribution in [1.82, 2.24) is 9.97 Å². The molecule has 0 aliphatic carbocycles. The summed E-state index contributed by atoms with van der Waals surface area (Å²) in [5.74, 6) is 2.86. The van der Waals surface area contributed by atoms with Crippen molar-refractivity contribution in [3.05, 3.63) is 66.4 Å². The molecular formula is C19H20N4O2. The van der Waals surface area contributed by atoms with E-state index in [-0.39, 0.29) is 0 Å². The second kappa shape index (κ2) is 8.01. The van der Waals surface area contributed by atoms with Crippen LogP contribution in [0.5, 0.6) is 11.5 Å². The fourth-order valence-corrected chi connectivity index (χ4v) is 2.39. The first-order valence-corrected chi connectivity index (χ1v) is 7.88. The fourth-order valence-electron chi connectivity index (χ4n) is 2.39. The van der Waals surface area contributed by atoms with Crippen LogP contribution in [0.25, 0.3) is 0 Å². The molecule has 1 aromatic heterocycles. The number of aromatic nitrogens is 2. The smallest absolute Gasteiger partial charge is 0.224 e. The average molecular weight is 336 g/mol. The maximum Gasteiger partial charge on any atom is 0.224 e. The number of hydrogen-bond acceptors (Lipinski definition) is 6. The summed E-state index contributed by atoms with van der Waals surface area (Å²) in [5, 5.41) is 6.46. The summed E-state index contributed by atoms with van der Waals surface area (Å²) in [6.07, 6.45) is 1.71. The Balaban J connectivity index is 1.69. The highest BCUT2D eigenvalue weighted by Gasteiger charge is 2.04. The van der Waals surface area contributed by atoms with Gasteiger partial charge in [0.15, 0.2) is 0 Å². The van der Waals surface area contributed by atoms with Gasteiger partial charge in [0.1, 0.15) is 17.3 Å². The van der Waals surface area contributed by atoms with Crippen LogP contribution in [0.4, 0.5) is 17.5 Å². The summed E-state index contributed by atoms with van der Waals surface area (Å²) in [6, 6.07) is 17.3. The molecule has 0 atom stereocenters. The van der Waals surface area contributed by atoms with Crippen molar-refractivity contribution in [2.24, 2.45) is 0 Å². The van der Waals surface area contributed by atoms with Gasteiger partial charge >= 0.3 is 0 Å². The highest BCUT2D eigenvalue weighted by molar-refractivity contribution is 5.58. The summed E-state index contributed by atoms with van der Waals surface area (Å²) < 4.78 is 10.6. The van der Waals surface area contributed by atoms with E-state index in [4.69, 9.17) is 9.47 Å². The van der Waals surface area contributed by atoms with Crippen LogP contribution < -0.4 is 20.1 Å². The molecule has 0 unspecified atom stereocenters. The zero-order valence-electron chi connectivity index (χ0n) is 14.2. The van der Waals surface area contributed by atoms with E-state index in [9.17, 15) is 0 Å². The Kier molecular flexibility index (Phi) is 5.31. The molecular weight excluding hydrogens is 316 g/mol. The number of nitrogens with one attached hydrogen (secondary N) is 2. The lowest BCUT2D eigenvalue weighted by molar-refractivity contribution is 0.410. The highest BCUT2D eigenvalue weighted by Crippen LogP contribution is 2.21. The molecule has 6 nitrogen and oxygen atoms in total. The number of rotatable bonds is 7. The third kappa shape index (κ3) is 4.38. The lowest BCUT2D eigenvalue weighted by Gasteiger charge is -2.11. The first-order valence-electron chi connectivity index (χ1n) is 7.88. The predicted octanol–water partition coefficient (Wildman–Crippen LogP) is 3.85. The number of nitrogens with zero attached hydrogens (tertiary/aromatic N) is 2. The highest BCUT2D eigenvalue weighted by atomic mass is 16.5. The molecule has 0 saturated heterocycles. The van der Waals surface area contributed by atoms with E-state index < -0.39 is 0 Å². The predicted molar refractivity (Wildman–Crippen MR) is 98.6 cm³/mol. The molecule has 0 aliphatic rings. The van der Waals surface area contributed by atoms with E-state index in [1.807, 2.05) is 54.6 Å². The van der Waals surface area contributed by atoms with Crippen molar-refractivity contribution in [3.63, 3.8) is 0 Å². The third-order valence-electron chi connectivity index (χ3n) is 3.63. The largest absolute Gasteiger partial charge is 0.497 e. The maximum absolute atomic E-state index is 5.35. The molecule has 2 aromatic carbocycles. The van der Waals surface area contributed by atoms with Crippen molar-refractivity contribution in [2.75, 3.05) is 24.9 Å². The molecule has 0 aliphatic heterocycles. The monoisotopic (exact) mass is 336 g/mol. The Labute approximate surface area is 146 Å². The van der Waals surface area contributed by atoms with Crippen LogP contribution in [0.2, 0.25) is 0 Å². The molecule has 0 spiro atoms. The fraction of sp³-hybridized carbons (Fsp3) is 0.158. The maximum atomic E-state index is 5.35. The van der Waals surface area contributed by atoms with Crippen LogP contribution in [-0.2, 0) is 6.54 Å². The van der Waals surface area contributed by atoms with Crippen molar-refractivity contribution >= 4 is 17.5 Å². The number of ether oxygens (including phenoxy) is 2. The van der Waals surface area contributed by atoms with Crippen LogP contribution in [0.1, 0.15) is 5.56 Å². The van der Waals surface area contributed by atoms with E-state index in [1.165, 1.54) is 0 Å². The second-order valence-electron chi connectivity index (χ2n) is 5.29. The third-order valence-corrected chi connectivity index (χ3v) is 3.63. The lowest BCUT2D eigenvalue weighted by atomic mass is 10.2. The van der Waals surface area contributed by atoms with Gasteiger partial charge in [-0.3, -0.25) is 0 Å². The van der Waals surface area contributed by atoms with Crippen LogP contribution in [0.15, 0.2) is 60.8 Å². The summed E-state index contributed by atoms with van der Waals surface area (Å²) in [7, 11) is 3.30. The summed E-state index contributed by atoms with van der Waals surface area (Å²) in [6.45, 7) is 0.576. The van der Waals surface area contributed by atoms with Gasteiger partial charge in [0.2, 0.25) is 5.95 Å². The zero-order valence-corrected chi connectivity index (χ0v) is 14.2. The normalized spacial score (nSPS) is 10.2. The Morgan fingerprint density at radius 2 is 1.84 bits per heavy atom. The van der Waals surface area contributed by atoms with Crippen molar-refractivity contribution in [2.45, 2.75) is 6.54 Å². The van der Waals surface area contributed by atoms with Gasteiger partial charge in [0.05, 0.1) is 14.2 Å². The first-order chi connectivity index (χ1) is 12.3. The summed E-state index contributed by atoms with van der Waals surface area (Å²) >= 11 is 0. The molecule has 0 radical (unpaired) electrons. The minimum absolute atomic E-state index is 0.541. The lowest BCUT2D eigenvalue weighted by Crippen LogP contribution is -2.06. The van der Waals surface area contributed by atoms with Crippen LogP contribution in [0.3, 0.4) is 0 Å². The number of methoxy groups -OCH3 is 2. The summed E-state index contributed by atoms with van der Waals surface area (Å²) in [5.41, 5.74) is 1.94. The van der Waals surface area contributed by atoms with Gasteiger partial charge in [0.25, 0.3) is 0 Å². The molecule has 2 N–H and O–H groups in total. The molecule has 0 bridgehead atoms. The van der Waals surface area contributed by atoms with Crippen molar-refractivity contribution in [3.8, 4) is 11.5 Å². The molecule has 3 aromatic rings. The minimum Gasteiger partial charge on any atom is -0.497 e. The summed E-state index contributed by atoms with van der Waals surface area (Å²) in [4.78, 5) is 8.74. The van der Waals surface area contributed by atoms with Crippen LogP contribution >= 0.6 is 0 Å². The molecule has 128 valence electrons. The van der Waals surface area contributed by atoms with Gasteiger partial charge < -0.3 is 20.1 Å². The Bertz CT molecular complexity index is 839. The molecule has 1 heterocycles. The number of benzene rings is 2. The molecule has 0 fully saturated rings. The molecule has 0 saturated carbocycles. The quantitative estimate of drug-likeness (QED) is 0.683. The molecule has 6 heteroatoms. The van der Waals surface area contributed by atoms with Gasteiger partial charge in [-0.2, -0.15) is 4.98 Å². The van der Waals surface area contributed by atoms with E-state index in [0.29, 0.717) is 18.3 Å². The second-order valence-corrected chi connectivity index (χ2v) is 5.29. The van der Waals surface area contributed by atoms with E-state index in [2.05, 4.69) is 20.6 Å². The molecule has 0 amide bonds. The van der Waals surface area contributed by atoms with Gasteiger partial charge in [-0.05, 0) is 24.3 Å². The molecule has 3 rings (SSSR count). The van der Waals surface area contributed by atoms with E-state index in [0.717, 1.165) is 22.7 Å². The van der Waals surface area contributed by atoms with E-state index >= 15 is 0 Å². The minimum atomic E-state index is 0.541. The number of anilines is 3. The standard InChI is InChI=1S/C19H20N4O2/c1-24-16-8-5-7-15(12-16)22-18-10-11-20-19(23-18)21-13-14-6-3-4-9-17(14)25-2/h3-12H,13H2,1-2H3,(H2,20,21,22,23). The SMILES string of the molecule is COc1cccc(Nc2ccnc(NCc3ccccc3OC)n2)c1. The van der Waals surface area contributed by atoms with Crippen molar-refractivity contribution in [1.29, 1.82) is 0 Å². The Morgan fingerprint density at radius 1 is 0.960 bits per heavy atom.